The first kappa shape index (κ1) is 22.3. The van der Waals surface area contributed by atoms with E-state index in [0.717, 1.165) is 10.5 Å². The average Bonchev–Trinajstić information content (AvgIpc) is 2.69. The predicted molar refractivity (Wildman–Crippen MR) is 111 cm³/mol. The van der Waals surface area contributed by atoms with Gasteiger partial charge in [-0.1, -0.05) is 41.9 Å². The summed E-state index contributed by atoms with van der Waals surface area (Å²) >= 11 is 5.84. The van der Waals surface area contributed by atoms with Gasteiger partial charge in [-0.3, -0.25) is 19.7 Å². The number of nitro benzene ring substituents is 1. The maximum atomic E-state index is 13.2. The first-order valence-corrected chi connectivity index (χ1v) is 9.66. The fourth-order valence-electron chi connectivity index (χ4n) is 3.06. The SMILES string of the molecule is CCNC(=O)C[NH+](CC)[C@H](C(=O)Nc1ccc(Cl)c([N+](=O)[O-])c1)c1ccccc1. The Morgan fingerprint density at radius 1 is 1.17 bits per heavy atom. The van der Waals surface area contributed by atoms with Crippen molar-refractivity contribution in [2.45, 2.75) is 19.9 Å². The molecule has 2 atom stereocenters. The topological polar surface area (TPSA) is 106 Å². The molecule has 2 amide bonds. The standard InChI is InChI=1S/C20H23ClN4O4/c1-3-22-18(26)13-24(4-2)19(14-8-6-5-7-9-14)20(27)23-15-10-11-16(21)17(12-15)25(28)29/h5-12,19H,3-4,13H2,1-2H3,(H,22,26)(H,23,27)/p+1/t19-/m0/s1. The molecule has 0 radical (unpaired) electrons. The molecule has 0 heterocycles. The van der Waals surface area contributed by atoms with Crippen LogP contribution in [0.2, 0.25) is 5.02 Å². The van der Waals surface area contributed by atoms with Crippen molar-refractivity contribution in [3.8, 4) is 0 Å². The number of likely N-dealkylation sites (N-methyl/N-ethyl adjacent to an activating group) is 2. The number of quaternary nitrogens is 1. The summed E-state index contributed by atoms with van der Waals surface area (Å²) < 4.78 is 0. The molecule has 9 heteroatoms. The van der Waals surface area contributed by atoms with E-state index in [1.54, 1.807) is 0 Å². The highest BCUT2D eigenvalue weighted by Crippen LogP contribution is 2.27. The van der Waals surface area contributed by atoms with Crippen LogP contribution in [0.3, 0.4) is 0 Å². The molecule has 3 N–H and O–H groups in total. The van der Waals surface area contributed by atoms with Gasteiger partial charge in [-0.2, -0.15) is 0 Å². The molecule has 0 bridgehead atoms. The van der Waals surface area contributed by atoms with Gasteiger partial charge in [0.15, 0.2) is 12.6 Å². The second-order valence-corrected chi connectivity index (χ2v) is 6.81. The third-order valence-electron chi connectivity index (χ3n) is 4.43. The molecule has 2 aromatic carbocycles. The van der Waals surface area contributed by atoms with Gasteiger partial charge in [-0.05, 0) is 26.0 Å². The molecular formula is C20H24ClN4O4+. The van der Waals surface area contributed by atoms with Crippen molar-refractivity contribution in [3.63, 3.8) is 0 Å². The maximum absolute atomic E-state index is 13.2. The Bertz CT molecular complexity index is 876. The van der Waals surface area contributed by atoms with Crippen LogP contribution in [0.5, 0.6) is 0 Å². The Hall–Kier alpha value is -2.97. The van der Waals surface area contributed by atoms with Crippen LogP contribution in [0.4, 0.5) is 11.4 Å². The Morgan fingerprint density at radius 3 is 2.45 bits per heavy atom. The summed E-state index contributed by atoms with van der Waals surface area (Å²) in [5.41, 5.74) is 0.720. The van der Waals surface area contributed by atoms with Crippen LogP contribution in [0.15, 0.2) is 48.5 Å². The largest absolute Gasteiger partial charge is 0.351 e. The van der Waals surface area contributed by atoms with Crippen molar-refractivity contribution in [2.24, 2.45) is 0 Å². The number of carbonyl (C=O) groups is 2. The molecule has 0 saturated carbocycles. The van der Waals surface area contributed by atoms with Crippen molar-refractivity contribution in [2.75, 3.05) is 25.0 Å². The zero-order valence-corrected chi connectivity index (χ0v) is 17.0. The second kappa shape index (κ2) is 10.5. The van der Waals surface area contributed by atoms with E-state index in [-0.39, 0.29) is 34.8 Å². The molecule has 2 aromatic rings. The molecule has 0 aliphatic rings. The number of nitrogens with zero attached hydrogens (tertiary/aromatic N) is 1. The van der Waals surface area contributed by atoms with Gasteiger partial charge in [0.25, 0.3) is 17.5 Å². The van der Waals surface area contributed by atoms with Gasteiger partial charge in [0.05, 0.1) is 11.5 Å². The molecule has 0 fully saturated rings. The first-order valence-electron chi connectivity index (χ1n) is 9.28. The van der Waals surface area contributed by atoms with Gasteiger partial charge in [0.1, 0.15) is 5.02 Å². The molecule has 0 saturated heterocycles. The summed E-state index contributed by atoms with van der Waals surface area (Å²) in [5, 5.41) is 16.6. The lowest BCUT2D eigenvalue weighted by molar-refractivity contribution is -0.912. The quantitative estimate of drug-likeness (QED) is 0.426. The number of halogens is 1. The number of nitro groups is 1. The van der Waals surface area contributed by atoms with Gasteiger partial charge >= 0.3 is 0 Å². The van der Waals surface area contributed by atoms with Crippen molar-refractivity contribution >= 4 is 34.8 Å². The molecule has 0 aromatic heterocycles. The van der Waals surface area contributed by atoms with Gasteiger partial charge in [0.2, 0.25) is 0 Å². The lowest BCUT2D eigenvalue weighted by Crippen LogP contribution is -3.14. The highest BCUT2D eigenvalue weighted by molar-refractivity contribution is 6.32. The van der Waals surface area contributed by atoms with Crippen molar-refractivity contribution in [3.05, 3.63) is 69.2 Å². The number of carbonyl (C=O) groups excluding carboxylic acids is 2. The van der Waals surface area contributed by atoms with Gasteiger partial charge in [0, 0.05) is 23.9 Å². The minimum atomic E-state index is -0.668. The van der Waals surface area contributed by atoms with E-state index in [4.69, 9.17) is 11.6 Å². The van der Waals surface area contributed by atoms with E-state index >= 15 is 0 Å². The molecule has 0 aliphatic carbocycles. The third-order valence-corrected chi connectivity index (χ3v) is 4.75. The van der Waals surface area contributed by atoms with Crippen molar-refractivity contribution in [1.29, 1.82) is 0 Å². The van der Waals surface area contributed by atoms with Crippen molar-refractivity contribution < 1.29 is 19.4 Å². The molecule has 0 aliphatic heterocycles. The normalized spacial score (nSPS) is 12.7. The highest BCUT2D eigenvalue weighted by Gasteiger charge is 2.32. The van der Waals surface area contributed by atoms with E-state index in [2.05, 4.69) is 10.6 Å². The van der Waals surface area contributed by atoms with E-state index in [1.807, 2.05) is 44.2 Å². The molecular weight excluding hydrogens is 396 g/mol. The molecule has 2 rings (SSSR count). The summed E-state index contributed by atoms with van der Waals surface area (Å²) in [5.74, 6) is -0.519. The summed E-state index contributed by atoms with van der Waals surface area (Å²) in [6, 6.07) is 12.6. The van der Waals surface area contributed by atoms with Crippen LogP contribution in [-0.2, 0) is 9.59 Å². The van der Waals surface area contributed by atoms with Crippen LogP contribution < -0.4 is 15.5 Å². The summed E-state index contributed by atoms with van der Waals surface area (Å²) in [4.78, 5) is 36.5. The van der Waals surface area contributed by atoms with Crippen LogP contribution >= 0.6 is 11.6 Å². The Kier molecular flexibility index (Phi) is 8.11. The van der Waals surface area contributed by atoms with Crippen LogP contribution in [-0.4, -0.2) is 36.4 Å². The fourth-order valence-corrected chi connectivity index (χ4v) is 3.25. The molecule has 154 valence electrons. The molecule has 8 nitrogen and oxygen atoms in total. The van der Waals surface area contributed by atoms with E-state index < -0.39 is 11.0 Å². The minimum absolute atomic E-state index is 0.00958. The Morgan fingerprint density at radius 2 is 1.86 bits per heavy atom. The number of anilines is 1. The van der Waals surface area contributed by atoms with Gasteiger partial charge in [-0.15, -0.1) is 0 Å². The number of hydrogen-bond donors (Lipinski definition) is 3. The fraction of sp³-hybridized carbons (Fsp3) is 0.300. The second-order valence-electron chi connectivity index (χ2n) is 6.40. The minimum Gasteiger partial charge on any atom is -0.351 e. The Labute approximate surface area is 174 Å². The highest BCUT2D eigenvalue weighted by atomic mass is 35.5. The molecule has 0 spiro atoms. The number of nitrogens with one attached hydrogen (secondary N) is 3. The van der Waals surface area contributed by atoms with Crippen LogP contribution in [0, 0.1) is 10.1 Å². The summed E-state index contributed by atoms with van der Waals surface area (Å²) in [6.07, 6.45) is 0. The Balaban J connectivity index is 2.33. The zero-order valence-electron chi connectivity index (χ0n) is 16.3. The number of benzene rings is 2. The average molecular weight is 420 g/mol. The lowest BCUT2D eigenvalue weighted by atomic mass is 10.0. The predicted octanol–water partition coefficient (Wildman–Crippen LogP) is 1.97. The van der Waals surface area contributed by atoms with Crippen LogP contribution in [0.1, 0.15) is 25.5 Å². The van der Waals surface area contributed by atoms with E-state index in [1.165, 1.54) is 18.2 Å². The monoisotopic (exact) mass is 419 g/mol. The van der Waals surface area contributed by atoms with Crippen LogP contribution in [0.25, 0.3) is 0 Å². The third kappa shape index (κ3) is 6.00. The maximum Gasteiger partial charge on any atom is 0.289 e. The number of amides is 2. The summed E-state index contributed by atoms with van der Waals surface area (Å²) in [7, 11) is 0. The molecule has 29 heavy (non-hydrogen) atoms. The number of hydrogen-bond acceptors (Lipinski definition) is 4. The lowest BCUT2D eigenvalue weighted by Gasteiger charge is -2.26. The summed E-state index contributed by atoms with van der Waals surface area (Å²) in [6.45, 7) is 4.89. The molecule has 1 unspecified atom stereocenters. The smallest absolute Gasteiger partial charge is 0.289 e. The zero-order chi connectivity index (χ0) is 21.4. The van der Waals surface area contributed by atoms with E-state index in [0.29, 0.717) is 13.1 Å². The van der Waals surface area contributed by atoms with Gasteiger partial charge < -0.3 is 15.5 Å². The number of rotatable bonds is 9. The van der Waals surface area contributed by atoms with Gasteiger partial charge in [-0.25, -0.2) is 0 Å². The van der Waals surface area contributed by atoms with E-state index in [9.17, 15) is 19.7 Å². The van der Waals surface area contributed by atoms with Crippen molar-refractivity contribution in [1.82, 2.24) is 5.32 Å². The first-order chi connectivity index (χ1) is 13.9.